The van der Waals surface area contributed by atoms with E-state index in [4.69, 9.17) is 5.73 Å². The zero-order valence-electron chi connectivity index (χ0n) is 8.81. The lowest BCUT2D eigenvalue weighted by molar-refractivity contribution is -0.144. The van der Waals surface area contributed by atoms with E-state index in [9.17, 15) is 31.4 Å². The minimum atomic E-state index is -4.99. The van der Waals surface area contributed by atoms with Crippen LogP contribution >= 0.6 is 0 Å². The minimum absolute atomic E-state index is 0.0335. The van der Waals surface area contributed by atoms with E-state index in [2.05, 4.69) is 0 Å². The lowest BCUT2D eigenvalue weighted by Crippen LogP contribution is -2.19. The zero-order valence-corrected chi connectivity index (χ0v) is 8.81. The Hall–Kier alpha value is -1.28. The molecular formula is C10H9F6NO. The van der Waals surface area contributed by atoms with Crippen molar-refractivity contribution in [3.05, 3.63) is 34.9 Å². The third-order valence-electron chi connectivity index (χ3n) is 2.27. The van der Waals surface area contributed by atoms with Crippen molar-refractivity contribution in [2.75, 3.05) is 6.54 Å². The first-order chi connectivity index (χ1) is 8.07. The van der Waals surface area contributed by atoms with Crippen molar-refractivity contribution in [1.82, 2.24) is 0 Å². The number of hydrogen-bond donors (Lipinski definition) is 2. The fraction of sp³-hybridized carbons (Fsp3) is 0.400. The molecule has 0 aromatic heterocycles. The van der Waals surface area contributed by atoms with Crippen LogP contribution in [0.5, 0.6) is 0 Å². The first kappa shape index (κ1) is 14.8. The van der Waals surface area contributed by atoms with Crippen LogP contribution in [0.2, 0.25) is 0 Å². The van der Waals surface area contributed by atoms with Gasteiger partial charge in [0.1, 0.15) is 0 Å². The van der Waals surface area contributed by atoms with Gasteiger partial charge < -0.3 is 10.8 Å². The normalized spacial score (nSPS) is 14.7. The molecule has 1 aromatic rings. The molecule has 0 aliphatic carbocycles. The second-order valence-electron chi connectivity index (χ2n) is 3.55. The molecule has 3 N–H and O–H groups in total. The summed E-state index contributed by atoms with van der Waals surface area (Å²) in [6.07, 6.45) is -11.5. The number of aliphatic hydroxyl groups is 1. The maximum atomic E-state index is 12.6. The maximum Gasteiger partial charge on any atom is 0.416 e. The summed E-state index contributed by atoms with van der Waals surface area (Å²) in [5, 5.41) is 9.26. The van der Waals surface area contributed by atoms with Gasteiger partial charge >= 0.3 is 12.4 Å². The van der Waals surface area contributed by atoms with Crippen molar-refractivity contribution < 1.29 is 31.4 Å². The van der Waals surface area contributed by atoms with Gasteiger partial charge in [-0.25, -0.2) is 0 Å². The van der Waals surface area contributed by atoms with Crippen LogP contribution in [0.25, 0.3) is 0 Å². The van der Waals surface area contributed by atoms with Gasteiger partial charge in [0, 0.05) is 6.54 Å². The van der Waals surface area contributed by atoms with E-state index in [-0.39, 0.29) is 6.07 Å². The molecule has 0 aliphatic heterocycles. The molecule has 102 valence electrons. The Labute approximate surface area is 98.0 Å². The van der Waals surface area contributed by atoms with Crippen molar-refractivity contribution in [1.29, 1.82) is 0 Å². The van der Waals surface area contributed by atoms with Crippen LogP contribution in [0.1, 0.15) is 22.8 Å². The van der Waals surface area contributed by atoms with E-state index in [0.29, 0.717) is 12.1 Å². The molecule has 0 aliphatic rings. The Bertz CT molecular complexity index is 425. The molecule has 0 radical (unpaired) electrons. The molecule has 1 unspecified atom stereocenters. The van der Waals surface area contributed by atoms with Gasteiger partial charge in [0.25, 0.3) is 0 Å². The topological polar surface area (TPSA) is 46.2 Å². The average Bonchev–Trinajstić information content (AvgIpc) is 2.24. The summed E-state index contributed by atoms with van der Waals surface area (Å²) in [5.41, 5.74) is 1.37. The standard InChI is InChI=1S/C10H9F6NO/c11-9(12,13)5-1-2-6(8(18)4-17)7(3-5)10(14,15)16/h1-3,8,18H,4,17H2. The Kier molecular flexibility index (Phi) is 3.92. The van der Waals surface area contributed by atoms with E-state index in [1.165, 1.54) is 0 Å². The highest BCUT2D eigenvalue weighted by Crippen LogP contribution is 2.38. The maximum absolute atomic E-state index is 12.6. The van der Waals surface area contributed by atoms with Gasteiger partial charge in [-0.1, -0.05) is 6.07 Å². The molecule has 0 fully saturated rings. The summed E-state index contributed by atoms with van der Waals surface area (Å²) in [6.45, 7) is -0.519. The van der Waals surface area contributed by atoms with Crippen LogP contribution in [0.3, 0.4) is 0 Å². The highest BCUT2D eigenvalue weighted by Gasteiger charge is 2.38. The quantitative estimate of drug-likeness (QED) is 0.814. The van der Waals surface area contributed by atoms with E-state index >= 15 is 0 Å². The van der Waals surface area contributed by atoms with E-state index in [1.54, 1.807) is 0 Å². The van der Waals surface area contributed by atoms with E-state index in [0.717, 1.165) is 0 Å². The van der Waals surface area contributed by atoms with Crippen LogP contribution in [0, 0.1) is 0 Å². The van der Waals surface area contributed by atoms with Crippen LogP contribution in [0.15, 0.2) is 18.2 Å². The van der Waals surface area contributed by atoms with Crippen LogP contribution in [-0.4, -0.2) is 11.7 Å². The molecule has 18 heavy (non-hydrogen) atoms. The van der Waals surface area contributed by atoms with Crippen molar-refractivity contribution in [2.24, 2.45) is 5.73 Å². The Morgan fingerprint density at radius 2 is 1.61 bits per heavy atom. The van der Waals surface area contributed by atoms with Crippen molar-refractivity contribution in [3.63, 3.8) is 0 Å². The highest BCUT2D eigenvalue weighted by molar-refractivity contribution is 5.37. The second kappa shape index (κ2) is 4.77. The zero-order chi connectivity index (χ0) is 14.1. The molecule has 0 bridgehead atoms. The van der Waals surface area contributed by atoms with Gasteiger partial charge in [0.05, 0.1) is 17.2 Å². The number of nitrogens with two attached hydrogens (primary N) is 1. The van der Waals surface area contributed by atoms with Crippen LogP contribution in [0.4, 0.5) is 26.3 Å². The Balaban J connectivity index is 3.40. The van der Waals surface area contributed by atoms with Crippen LogP contribution in [-0.2, 0) is 12.4 Å². The lowest BCUT2D eigenvalue weighted by Gasteiger charge is -2.18. The summed E-state index contributed by atoms with van der Waals surface area (Å²) in [7, 11) is 0. The first-order valence-corrected chi connectivity index (χ1v) is 4.74. The summed E-state index contributed by atoms with van der Waals surface area (Å²) < 4.78 is 74.7. The molecular weight excluding hydrogens is 264 g/mol. The summed E-state index contributed by atoms with van der Waals surface area (Å²) in [5.74, 6) is 0. The fourth-order valence-electron chi connectivity index (χ4n) is 1.40. The predicted octanol–water partition coefficient (Wildman–Crippen LogP) is 2.72. The minimum Gasteiger partial charge on any atom is -0.387 e. The molecule has 1 rings (SSSR count). The number of rotatable bonds is 2. The van der Waals surface area contributed by atoms with Crippen molar-refractivity contribution in [3.8, 4) is 0 Å². The van der Waals surface area contributed by atoms with Gasteiger partial charge in [-0.15, -0.1) is 0 Å². The summed E-state index contributed by atoms with van der Waals surface area (Å²) in [6, 6.07) is 1.03. The van der Waals surface area contributed by atoms with Crippen LogP contribution < -0.4 is 5.73 Å². The number of halogens is 6. The number of benzene rings is 1. The summed E-state index contributed by atoms with van der Waals surface area (Å²) >= 11 is 0. The smallest absolute Gasteiger partial charge is 0.387 e. The Morgan fingerprint density at radius 1 is 1.06 bits per heavy atom. The molecule has 1 atom stereocenters. The predicted molar refractivity (Wildman–Crippen MR) is 50.5 cm³/mol. The van der Waals surface area contributed by atoms with Gasteiger partial charge in [-0.3, -0.25) is 0 Å². The first-order valence-electron chi connectivity index (χ1n) is 4.74. The molecule has 8 heteroatoms. The molecule has 1 aromatic carbocycles. The lowest BCUT2D eigenvalue weighted by atomic mass is 9.99. The van der Waals surface area contributed by atoms with Gasteiger partial charge in [-0.05, 0) is 17.7 Å². The molecule has 0 saturated carbocycles. The molecule has 0 spiro atoms. The van der Waals surface area contributed by atoms with Crippen molar-refractivity contribution >= 4 is 0 Å². The molecule has 0 heterocycles. The monoisotopic (exact) mass is 273 g/mol. The highest BCUT2D eigenvalue weighted by atomic mass is 19.4. The summed E-state index contributed by atoms with van der Waals surface area (Å²) in [4.78, 5) is 0. The average molecular weight is 273 g/mol. The second-order valence-corrected chi connectivity index (χ2v) is 3.55. The van der Waals surface area contributed by atoms with Gasteiger partial charge in [0.15, 0.2) is 0 Å². The number of aliphatic hydroxyl groups excluding tert-OH is 1. The fourth-order valence-corrected chi connectivity index (χ4v) is 1.40. The Morgan fingerprint density at radius 3 is 2.00 bits per heavy atom. The largest absolute Gasteiger partial charge is 0.416 e. The van der Waals surface area contributed by atoms with E-state index in [1.807, 2.05) is 0 Å². The third-order valence-corrected chi connectivity index (χ3v) is 2.27. The molecule has 2 nitrogen and oxygen atoms in total. The van der Waals surface area contributed by atoms with Crippen molar-refractivity contribution in [2.45, 2.75) is 18.5 Å². The molecule has 0 amide bonds. The number of hydrogen-bond acceptors (Lipinski definition) is 2. The van der Waals surface area contributed by atoms with Gasteiger partial charge in [-0.2, -0.15) is 26.3 Å². The molecule has 0 saturated heterocycles. The third kappa shape index (κ3) is 3.14. The number of alkyl halides is 6. The van der Waals surface area contributed by atoms with Gasteiger partial charge in [0.2, 0.25) is 0 Å². The SMILES string of the molecule is NCC(O)c1ccc(C(F)(F)F)cc1C(F)(F)F. The van der Waals surface area contributed by atoms with E-state index < -0.39 is 41.7 Å².